The molecule has 1 aliphatic rings. The normalized spacial score (nSPS) is 13.9. The van der Waals surface area contributed by atoms with Crippen LogP contribution < -0.4 is 15.0 Å². The molecule has 30 heavy (non-hydrogen) atoms. The zero-order valence-corrected chi connectivity index (χ0v) is 17.9. The van der Waals surface area contributed by atoms with E-state index in [1.807, 2.05) is 50.4 Å². The lowest BCUT2D eigenvalue weighted by Crippen LogP contribution is -2.32. The van der Waals surface area contributed by atoms with Gasteiger partial charge in [-0.25, -0.2) is 4.90 Å². The number of anilines is 2. The van der Waals surface area contributed by atoms with Crippen LogP contribution >= 0.6 is 11.3 Å². The Bertz CT molecular complexity index is 1130. The topological polar surface area (TPSA) is 58.6 Å². The molecule has 0 aliphatic carbocycles. The van der Waals surface area contributed by atoms with Gasteiger partial charge in [0.05, 0.1) is 17.9 Å². The van der Waals surface area contributed by atoms with Gasteiger partial charge in [-0.05, 0) is 67.6 Å². The van der Waals surface area contributed by atoms with Crippen molar-refractivity contribution < 1.29 is 14.3 Å². The van der Waals surface area contributed by atoms with Gasteiger partial charge in [0.1, 0.15) is 11.4 Å². The minimum absolute atomic E-state index is 0.286. The van der Waals surface area contributed by atoms with Crippen molar-refractivity contribution in [1.29, 1.82) is 0 Å². The van der Waals surface area contributed by atoms with Gasteiger partial charge in [0.2, 0.25) is 0 Å². The third-order valence-corrected chi connectivity index (χ3v) is 5.62. The minimum atomic E-state index is -0.379. The van der Waals surface area contributed by atoms with E-state index >= 15 is 0 Å². The Hall–Kier alpha value is -3.38. The molecule has 1 N–H and O–H groups in total. The summed E-state index contributed by atoms with van der Waals surface area (Å²) in [5.74, 6) is -0.108. The predicted octanol–water partition coefficient (Wildman–Crippen LogP) is 5.16. The fourth-order valence-corrected chi connectivity index (χ4v) is 4.37. The monoisotopic (exact) mass is 418 g/mol. The summed E-state index contributed by atoms with van der Waals surface area (Å²) in [7, 11) is 0. The Morgan fingerprint density at radius 2 is 1.73 bits per heavy atom. The molecule has 1 aliphatic heterocycles. The molecule has 3 aromatic rings. The summed E-state index contributed by atoms with van der Waals surface area (Å²) in [6.45, 7) is 6.39. The molecule has 0 fully saturated rings. The standard InChI is InChI=1S/C24H22N2O3S/c1-4-29-19-8-5-7-18(14-19)26-23(27)21(20-9-6-10-30-20)22(24(26)28)25-17-12-15(2)11-16(3)13-17/h5-14,25H,4H2,1-3H3. The molecule has 2 amide bonds. The molecule has 5 nitrogen and oxygen atoms in total. The zero-order chi connectivity index (χ0) is 21.3. The van der Waals surface area contributed by atoms with Crippen molar-refractivity contribution in [1.82, 2.24) is 0 Å². The van der Waals surface area contributed by atoms with Crippen molar-refractivity contribution in [2.75, 3.05) is 16.8 Å². The number of thiophene rings is 1. The lowest BCUT2D eigenvalue weighted by molar-refractivity contribution is -0.120. The Kier molecular flexibility index (Phi) is 5.42. The van der Waals surface area contributed by atoms with Crippen molar-refractivity contribution in [2.24, 2.45) is 0 Å². The highest BCUT2D eigenvalue weighted by atomic mass is 32.1. The van der Waals surface area contributed by atoms with Gasteiger partial charge < -0.3 is 10.1 Å². The number of imide groups is 1. The van der Waals surface area contributed by atoms with Crippen LogP contribution in [0, 0.1) is 13.8 Å². The van der Waals surface area contributed by atoms with E-state index < -0.39 is 0 Å². The largest absolute Gasteiger partial charge is 0.494 e. The summed E-state index contributed by atoms with van der Waals surface area (Å²) in [6, 6.07) is 16.7. The summed E-state index contributed by atoms with van der Waals surface area (Å²) in [6.07, 6.45) is 0. The number of ether oxygens (including phenoxy) is 1. The van der Waals surface area contributed by atoms with Crippen molar-refractivity contribution >= 4 is 40.1 Å². The number of nitrogens with zero attached hydrogens (tertiary/aromatic N) is 1. The van der Waals surface area contributed by atoms with Crippen LogP contribution in [0.2, 0.25) is 0 Å². The van der Waals surface area contributed by atoms with E-state index in [0.717, 1.165) is 21.7 Å². The number of rotatable bonds is 6. The molecule has 6 heteroatoms. The molecule has 0 spiro atoms. The molecule has 0 saturated carbocycles. The van der Waals surface area contributed by atoms with Gasteiger partial charge in [0, 0.05) is 16.6 Å². The van der Waals surface area contributed by atoms with E-state index in [9.17, 15) is 9.59 Å². The SMILES string of the molecule is CCOc1cccc(N2C(=O)C(Nc3cc(C)cc(C)c3)=C(c3cccs3)C2=O)c1. The Morgan fingerprint density at radius 1 is 0.967 bits per heavy atom. The van der Waals surface area contributed by atoms with Crippen LogP contribution in [0.5, 0.6) is 5.75 Å². The first-order valence-corrected chi connectivity index (χ1v) is 10.6. The Labute approximate surface area is 179 Å². The number of carbonyl (C=O) groups excluding carboxylic acids is 2. The second kappa shape index (κ2) is 8.16. The maximum atomic E-state index is 13.4. The summed E-state index contributed by atoms with van der Waals surface area (Å²) >= 11 is 1.43. The summed E-state index contributed by atoms with van der Waals surface area (Å²) in [4.78, 5) is 28.8. The predicted molar refractivity (Wildman–Crippen MR) is 121 cm³/mol. The smallest absolute Gasteiger partial charge is 0.282 e. The first-order valence-electron chi connectivity index (χ1n) is 9.73. The molecular weight excluding hydrogens is 396 g/mol. The van der Waals surface area contributed by atoms with Crippen LogP contribution in [0.1, 0.15) is 22.9 Å². The molecule has 0 radical (unpaired) electrons. The highest BCUT2D eigenvalue weighted by Crippen LogP contribution is 2.36. The molecule has 2 aromatic carbocycles. The summed E-state index contributed by atoms with van der Waals surface area (Å²) in [5.41, 5.74) is 4.10. The van der Waals surface area contributed by atoms with Crippen LogP contribution in [0.15, 0.2) is 65.7 Å². The molecule has 0 unspecified atom stereocenters. The molecular formula is C24H22N2O3S. The third-order valence-electron chi connectivity index (χ3n) is 4.73. The zero-order valence-electron chi connectivity index (χ0n) is 17.1. The molecule has 2 heterocycles. The highest BCUT2D eigenvalue weighted by Gasteiger charge is 2.40. The van der Waals surface area contributed by atoms with E-state index in [1.165, 1.54) is 16.2 Å². The van der Waals surface area contributed by atoms with Gasteiger partial charge in [0.15, 0.2) is 0 Å². The maximum Gasteiger partial charge on any atom is 0.282 e. The van der Waals surface area contributed by atoms with E-state index in [4.69, 9.17) is 4.74 Å². The quantitative estimate of drug-likeness (QED) is 0.562. The van der Waals surface area contributed by atoms with Gasteiger partial charge in [-0.15, -0.1) is 11.3 Å². The second-order valence-electron chi connectivity index (χ2n) is 7.10. The molecule has 0 bridgehead atoms. The molecule has 1 aromatic heterocycles. The van der Waals surface area contributed by atoms with Gasteiger partial charge >= 0.3 is 0 Å². The average Bonchev–Trinajstić information content (AvgIpc) is 3.29. The maximum absolute atomic E-state index is 13.4. The minimum Gasteiger partial charge on any atom is -0.494 e. The number of nitrogens with one attached hydrogen (secondary N) is 1. The summed E-state index contributed by atoms with van der Waals surface area (Å²) < 4.78 is 5.55. The van der Waals surface area contributed by atoms with Gasteiger partial charge in [-0.3, -0.25) is 9.59 Å². The molecule has 0 atom stereocenters. The number of hydrogen-bond acceptors (Lipinski definition) is 5. The first-order chi connectivity index (χ1) is 14.5. The van der Waals surface area contributed by atoms with E-state index in [2.05, 4.69) is 11.4 Å². The average molecular weight is 419 g/mol. The highest BCUT2D eigenvalue weighted by molar-refractivity contribution is 7.11. The Balaban J connectivity index is 1.78. The second-order valence-corrected chi connectivity index (χ2v) is 8.05. The fraction of sp³-hybridized carbons (Fsp3) is 0.167. The van der Waals surface area contributed by atoms with Crippen LogP contribution in [0.3, 0.4) is 0 Å². The van der Waals surface area contributed by atoms with Crippen LogP contribution in [-0.4, -0.2) is 18.4 Å². The van der Waals surface area contributed by atoms with Crippen molar-refractivity contribution in [2.45, 2.75) is 20.8 Å². The van der Waals surface area contributed by atoms with Gasteiger partial charge in [0.25, 0.3) is 11.8 Å². The molecule has 4 rings (SSSR count). The third kappa shape index (κ3) is 3.74. The van der Waals surface area contributed by atoms with E-state index in [-0.39, 0.29) is 17.5 Å². The van der Waals surface area contributed by atoms with Crippen molar-refractivity contribution in [3.8, 4) is 5.75 Å². The van der Waals surface area contributed by atoms with Crippen molar-refractivity contribution in [3.05, 3.63) is 81.7 Å². The number of hydrogen-bond donors (Lipinski definition) is 1. The fourth-order valence-electron chi connectivity index (χ4n) is 3.60. The lowest BCUT2D eigenvalue weighted by Gasteiger charge is -2.16. The Morgan fingerprint density at radius 3 is 2.40 bits per heavy atom. The van der Waals surface area contributed by atoms with Crippen molar-refractivity contribution in [3.63, 3.8) is 0 Å². The van der Waals surface area contributed by atoms with Crippen LogP contribution in [0.25, 0.3) is 5.57 Å². The number of benzene rings is 2. The molecule has 0 saturated heterocycles. The van der Waals surface area contributed by atoms with Gasteiger partial charge in [-0.1, -0.05) is 18.2 Å². The van der Waals surface area contributed by atoms with Gasteiger partial charge in [-0.2, -0.15) is 0 Å². The van der Waals surface area contributed by atoms with E-state index in [0.29, 0.717) is 23.6 Å². The number of carbonyl (C=O) groups is 2. The number of amides is 2. The first kappa shape index (κ1) is 19.9. The summed E-state index contributed by atoms with van der Waals surface area (Å²) in [5, 5.41) is 5.12. The lowest BCUT2D eigenvalue weighted by atomic mass is 10.1. The molecule has 152 valence electrons. The van der Waals surface area contributed by atoms with Crippen LogP contribution in [-0.2, 0) is 9.59 Å². The van der Waals surface area contributed by atoms with E-state index in [1.54, 1.807) is 24.3 Å². The number of aryl methyl sites for hydroxylation is 2. The van der Waals surface area contributed by atoms with Crippen LogP contribution in [0.4, 0.5) is 11.4 Å².